The van der Waals surface area contributed by atoms with Gasteiger partial charge in [0.05, 0.1) is 18.6 Å². The van der Waals surface area contributed by atoms with Crippen LogP contribution in [0.3, 0.4) is 0 Å². The number of rotatable bonds is 8. The third-order valence-electron chi connectivity index (χ3n) is 5.18. The van der Waals surface area contributed by atoms with Gasteiger partial charge in [0.2, 0.25) is 5.91 Å². The lowest BCUT2D eigenvalue weighted by Crippen LogP contribution is -2.24. The van der Waals surface area contributed by atoms with Gasteiger partial charge in [0.1, 0.15) is 5.76 Å². The minimum Gasteiger partial charge on any atom is -0.467 e. The maximum absolute atomic E-state index is 12.2. The Kier molecular flexibility index (Phi) is 6.40. The van der Waals surface area contributed by atoms with E-state index in [1.165, 1.54) is 40.6 Å². The summed E-state index contributed by atoms with van der Waals surface area (Å²) in [6.45, 7) is 5.73. The van der Waals surface area contributed by atoms with E-state index in [1.54, 1.807) is 6.26 Å². The number of carbonyl (C=O) groups excluding carboxylic acids is 1. The number of nitrogens with one attached hydrogen (secondary N) is 1. The second kappa shape index (κ2) is 9.17. The highest BCUT2D eigenvalue weighted by Crippen LogP contribution is 2.38. The molecule has 3 aromatic rings. The van der Waals surface area contributed by atoms with Crippen LogP contribution in [0.15, 0.2) is 33.3 Å². The fraction of sp³-hybridized carbons (Fsp3) is 0.476. The van der Waals surface area contributed by atoms with E-state index in [2.05, 4.69) is 39.3 Å². The minimum atomic E-state index is -0.0408. The first-order chi connectivity index (χ1) is 14.2. The van der Waals surface area contributed by atoms with Crippen molar-refractivity contribution in [2.45, 2.75) is 57.8 Å². The summed E-state index contributed by atoms with van der Waals surface area (Å²) in [5.41, 5.74) is 2.68. The third kappa shape index (κ3) is 4.59. The van der Waals surface area contributed by atoms with Crippen LogP contribution in [-0.2, 0) is 30.7 Å². The van der Waals surface area contributed by atoms with E-state index in [4.69, 9.17) is 4.42 Å². The summed E-state index contributed by atoms with van der Waals surface area (Å²) in [4.78, 5) is 13.7. The molecule has 29 heavy (non-hydrogen) atoms. The van der Waals surface area contributed by atoms with Gasteiger partial charge in [0, 0.05) is 22.4 Å². The molecule has 154 valence electrons. The molecule has 0 bridgehead atoms. The van der Waals surface area contributed by atoms with Gasteiger partial charge < -0.3 is 14.3 Å². The Labute approximate surface area is 179 Å². The molecule has 1 unspecified atom stereocenters. The zero-order valence-corrected chi connectivity index (χ0v) is 18.4. The van der Waals surface area contributed by atoms with E-state index in [0.29, 0.717) is 12.3 Å². The lowest BCUT2D eigenvalue weighted by molar-refractivity contribution is -0.118. The molecular weight excluding hydrogens is 404 g/mol. The molecule has 1 atom stereocenters. The summed E-state index contributed by atoms with van der Waals surface area (Å²) in [6, 6.07) is 3.66. The van der Waals surface area contributed by atoms with Crippen molar-refractivity contribution in [1.82, 2.24) is 20.1 Å². The van der Waals surface area contributed by atoms with Crippen LogP contribution in [0.1, 0.15) is 42.9 Å². The van der Waals surface area contributed by atoms with Crippen molar-refractivity contribution in [3.8, 4) is 11.4 Å². The molecule has 0 saturated heterocycles. The summed E-state index contributed by atoms with van der Waals surface area (Å²) < 4.78 is 7.42. The van der Waals surface area contributed by atoms with Crippen LogP contribution in [0.4, 0.5) is 0 Å². The van der Waals surface area contributed by atoms with Gasteiger partial charge in [-0.05, 0) is 49.3 Å². The topological polar surface area (TPSA) is 73.0 Å². The highest BCUT2D eigenvalue weighted by molar-refractivity contribution is 7.99. The fourth-order valence-electron chi connectivity index (χ4n) is 3.66. The number of thiophene rings is 1. The van der Waals surface area contributed by atoms with Crippen LogP contribution < -0.4 is 5.32 Å². The number of hydrogen-bond acceptors (Lipinski definition) is 6. The molecule has 0 aliphatic heterocycles. The average Bonchev–Trinajstić information content (AvgIpc) is 3.45. The summed E-state index contributed by atoms with van der Waals surface area (Å²) >= 11 is 3.29. The van der Waals surface area contributed by atoms with Crippen molar-refractivity contribution < 1.29 is 9.21 Å². The van der Waals surface area contributed by atoms with Gasteiger partial charge in [-0.3, -0.25) is 4.79 Å². The quantitative estimate of drug-likeness (QED) is 0.531. The molecule has 0 saturated carbocycles. The number of carbonyl (C=O) groups is 1. The molecule has 1 aliphatic carbocycles. The second-order valence-electron chi connectivity index (χ2n) is 7.50. The molecule has 8 heteroatoms. The number of hydrogen-bond donors (Lipinski definition) is 1. The molecular formula is C21H26N4O2S2. The zero-order valence-electron chi connectivity index (χ0n) is 16.8. The van der Waals surface area contributed by atoms with E-state index in [9.17, 15) is 4.79 Å². The Balaban J connectivity index is 1.46. The Bertz CT molecular complexity index is 962. The molecule has 4 rings (SSSR count). The maximum Gasteiger partial charge on any atom is 0.230 e. The molecule has 0 spiro atoms. The number of fused-ring (bicyclic) bond motifs is 1. The normalized spacial score (nSPS) is 16.0. The van der Waals surface area contributed by atoms with Crippen LogP contribution in [0.2, 0.25) is 0 Å². The predicted molar refractivity (Wildman–Crippen MR) is 116 cm³/mol. The SMILES string of the molecule is CCCn1c(SCC(=O)NCc2ccco2)nnc1-c1csc2c1CCC(C)C2. The molecule has 1 N–H and O–H groups in total. The van der Waals surface area contributed by atoms with Gasteiger partial charge in [0.15, 0.2) is 11.0 Å². The van der Waals surface area contributed by atoms with Gasteiger partial charge >= 0.3 is 0 Å². The summed E-state index contributed by atoms with van der Waals surface area (Å²) in [6.07, 6.45) is 6.11. The number of thioether (sulfide) groups is 1. The molecule has 3 aromatic heterocycles. The van der Waals surface area contributed by atoms with Gasteiger partial charge in [-0.1, -0.05) is 25.6 Å². The van der Waals surface area contributed by atoms with Crippen molar-refractivity contribution in [3.05, 3.63) is 40.0 Å². The van der Waals surface area contributed by atoms with E-state index in [-0.39, 0.29) is 5.91 Å². The zero-order chi connectivity index (χ0) is 20.2. The first kappa shape index (κ1) is 20.2. The number of nitrogens with zero attached hydrogens (tertiary/aromatic N) is 3. The first-order valence-corrected chi connectivity index (χ1v) is 12.0. The van der Waals surface area contributed by atoms with Crippen molar-refractivity contribution in [3.63, 3.8) is 0 Å². The maximum atomic E-state index is 12.2. The van der Waals surface area contributed by atoms with Gasteiger partial charge in [-0.25, -0.2) is 0 Å². The number of aromatic nitrogens is 3. The highest BCUT2D eigenvalue weighted by Gasteiger charge is 2.24. The van der Waals surface area contributed by atoms with Crippen LogP contribution >= 0.6 is 23.1 Å². The molecule has 6 nitrogen and oxygen atoms in total. The smallest absolute Gasteiger partial charge is 0.230 e. The summed E-state index contributed by atoms with van der Waals surface area (Å²) in [7, 11) is 0. The van der Waals surface area contributed by atoms with E-state index in [0.717, 1.165) is 42.0 Å². The number of furan rings is 1. The van der Waals surface area contributed by atoms with E-state index >= 15 is 0 Å². The Hall–Kier alpha value is -2.06. The molecule has 3 heterocycles. The van der Waals surface area contributed by atoms with Crippen LogP contribution in [0, 0.1) is 5.92 Å². The van der Waals surface area contributed by atoms with Crippen LogP contribution in [0.5, 0.6) is 0 Å². The Morgan fingerprint density at radius 1 is 1.45 bits per heavy atom. The van der Waals surface area contributed by atoms with Crippen LogP contribution in [0.25, 0.3) is 11.4 Å². The van der Waals surface area contributed by atoms with E-state index < -0.39 is 0 Å². The van der Waals surface area contributed by atoms with E-state index in [1.807, 2.05) is 23.5 Å². The lowest BCUT2D eigenvalue weighted by atomic mass is 9.88. The second-order valence-corrected chi connectivity index (χ2v) is 9.41. The standard InChI is InChI=1S/C21H26N4O2S2/c1-3-8-25-20(17-12-28-18-10-14(2)6-7-16(17)18)23-24-21(25)29-13-19(26)22-11-15-5-4-9-27-15/h4-5,9,12,14H,3,6-8,10-11,13H2,1-2H3,(H,22,26). The highest BCUT2D eigenvalue weighted by atomic mass is 32.2. The summed E-state index contributed by atoms with van der Waals surface area (Å²) in [5, 5.41) is 14.9. The molecule has 0 fully saturated rings. The van der Waals surface area contributed by atoms with Gasteiger partial charge in [-0.15, -0.1) is 21.5 Å². The van der Waals surface area contributed by atoms with Crippen molar-refractivity contribution in [2.24, 2.45) is 5.92 Å². The minimum absolute atomic E-state index is 0.0408. The van der Waals surface area contributed by atoms with Gasteiger partial charge in [-0.2, -0.15) is 0 Å². The Morgan fingerprint density at radius 3 is 3.14 bits per heavy atom. The third-order valence-corrected chi connectivity index (χ3v) is 7.20. The van der Waals surface area contributed by atoms with Crippen molar-refractivity contribution in [2.75, 3.05) is 5.75 Å². The monoisotopic (exact) mass is 430 g/mol. The first-order valence-electron chi connectivity index (χ1n) is 10.1. The molecule has 0 aromatic carbocycles. The predicted octanol–water partition coefficient (Wildman–Crippen LogP) is 4.54. The lowest BCUT2D eigenvalue weighted by Gasteiger charge is -2.19. The summed E-state index contributed by atoms with van der Waals surface area (Å²) in [5.74, 6) is 2.71. The average molecular weight is 431 g/mol. The number of amides is 1. The molecule has 1 aliphatic rings. The molecule has 1 amide bonds. The molecule has 0 radical (unpaired) electrons. The van der Waals surface area contributed by atoms with Crippen molar-refractivity contribution >= 4 is 29.0 Å². The van der Waals surface area contributed by atoms with Crippen LogP contribution in [-0.4, -0.2) is 26.4 Å². The van der Waals surface area contributed by atoms with Crippen molar-refractivity contribution in [1.29, 1.82) is 0 Å². The largest absolute Gasteiger partial charge is 0.467 e. The van der Waals surface area contributed by atoms with Gasteiger partial charge in [0.25, 0.3) is 0 Å². The Morgan fingerprint density at radius 2 is 2.34 bits per heavy atom. The fourth-order valence-corrected chi connectivity index (χ4v) is 5.70.